The molecular weight excluding hydrogens is 174 g/mol. The van der Waals surface area contributed by atoms with Crippen LogP contribution in [0.4, 0.5) is 0 Å². The molecule has 0 amide bonds. The summed E-state index contributed by atoms with van der Waals surface area (Å²) in [5.74, 6) is 0. The molecule has 1 rings (SSSR count). The van der Waals surface area contributed by atoms with Crippen LogP contribution in [0, 0.1) is 18.3 Å². The molecule has 3 nitrogen and oxygen atoms in total. The molecule has 1 aromatic rings. The van der Waals surface area contributed by atoms with Crippen molar-refractivity contribution in [3.05, 3.63) is 29.1 Å². The van der Waals surface area contributed by atoms with E-state index in [1.807, 2.05) is 19.1 Å². The highest BCUT2D eigenvalue weighted by atomic mass is 14.8. The van der Waals surface area contributed by atoms with Gasteiger partial charge in [-0.05, 0) is 25.1 Å². The van der Waals surface area contributed by atoms with Crippen LogP contribution in [0.5, 0.6) is 0 Å². The molecule has 0 radical (unpaired) electrons. The van der Waals surface area contributed by atoms with E-state index in [-0.39, 0.29) is 0 Å². The van der Waals surface area contributed by atoms with Crippen LogP contribution in [-0.2, 0) is 6.42 Å². The van der Waals surface area contributed by atoms with Gasteiger partial charge in [-0.15, -0.1) is 0 Å². The normalized spacial score (nSPS) is 9.79. The maximum Gasteiger partial charge on any atom is 0.143 e. The van der Waals surface area contributed by atoms with Gasteiger partial charge in [0.1, 0.15) is 11.8 Å². The van der Waals surface area contributed by atoms with E-state index in [1.165, 1.54) is 0 Å². The Labute approximate surface area is 84.8 Å². The molecule has 1 heterocycles. The largest absolute Gasteiger partial charge is 0.317 e. The van der Waals surface area contributed by atoms with Crippen molar-refractivity contribution in [3.63, 3.8) is 0 Å². The van der Waals surface area contributed by atoms with Crippen LogP contribution < -0.4 is 5.32 Å². The Morgan fingerprint density at radius 3 is 2.93 bits per heavy atom. The molecule has 0 saturated carbocycles. The van der Waals surface area contributed by atoms with Gasteiger partial charge in [0, 0.05) is 18.7 Å². The highest BCUT2D eigenvalue weighted by Crippen LogP contribution is 2.05. The van der Waals surface area contributed by atoms with Crippen LogP contribution in [-0.4, -0.2) is 18.1 Å². The van der Waals surface area contributed by atoms with Gasteiger partial charge in [0.05, 0.1) is 0 Å². The van der Waals surface area contributed by atoms with Crippen LogP contribution >= 0.6 is 0 Å². The molecule has 14 heavy (non-hydrogen) atoms. The number of pyridine rings is 1. The first-order valence-electron chi connectivity index (χ1n) is 4.85. The lowest BCUT2D eigenvalue weighted by Crippen LogP contribution is -2.16. The second-order valence-electron chi connectivity index (χ2n) is 3.18. The van der Waals surface area contributed by atoms with E-state index < -0.39 is 0 Å². The van der Waals surface area contributed by atoms with E-state index in [0.29, 0.717) is 5.69 Å². The number of nitrogens with one attached hydrogen (secondary N) is 1. The van der Waals surface area contributed by atoms with E-state index in [1.54, 1.807) is 0 Å². The van der Waals surface area contributed by atoms with Crippen molar-refractivity contribution in [2.45, 2.75) is 20.3 Å². The summed E-state index contributed by atoms with van der Waals surface area (Å²) in [4.78, 5) is 4.26. The SMILES string of the molecule is CCNCCc1ccc(C)c(C#N)n1. The number of nitrogens with zero attached hydrogens (tertiary/aromatic N) is 2. The lowest BCUT2D eigenvalue weighted by atomic mass is 10.2. The zero-order valence-electron chi connectivity index (χ0n) is 8.67. The Kier molecular flexibility index (Phi) is 4.09. The number of aryl methyl sites for hydroxylation is 1. The fourth-order valence-electron chi connectivity index (χ4n) is 1.21. The molecule has 74 valence electrons. The van der Waals surface area contributed by atoms with Gasteiger partial charge in [-0.3, -0.25) is 0 Å². The minimum Gasteiger partial charge on any atom is -0.317 e. The molecule has 0 aliphatic heterocycles. The molecule has 1 N–H and O–H groups in total. The first-order chi connectivity index (χ1) is 6.77. The lowest BCUT2D eigenvalue weighted by molar-refractivity contribution is 0.707. The molecule has 1 aromatic heterocycles. The average molecular weight is 189 g/mol. The zero-order chi connectivity index (χ0) is 10.4. The van der Waals surface area contributed by atoms with Crippen LogP contribution in [0.2, 0.25) is 0 Å². The van der Waals surface area contributed by atoms with Crippen molar-refractivity contribution >= 4 is 0 Å². The topological polar surface area (TPSA) is 48.7 Å². The zero-order valence-corrected chi connectivity index (χ0v) is 8.67. The van der Waals surface area contributed by atoms with E-state index >= 15 is 0 Å². The number of aromatic nitrogens is 1. The summed E-state index contributed by atoms with van der Waals surface area (Å²) in [5, 5.41) is 12.0. The average Bonchev–Trinajstić information content (AvgIpc) is 2.21. The van der Waals surface area contributed by atoms with Gasteiger partial charge in [0.15, 0.2) is 0 Å². The van der Waals surface area contributed by atoms with Crippen molar-refractivity contribution in [2.24, 2.45) is 0 Å². The van der Waals surface area contributed by atoms with Gasteiger partial charge >= 0.3 is 0 Å². The van der Waals surface area contributed by atoms with Gasteiger partial charge < -0.3 is 5.32 Å². The predicted octanol–water partition coefficient (Wildman–Crippen LogP) is 1.41. The van der Waals surface area contributed by atoms with Crippen molar-refractivity contribution in [3.8, 4) is 6.07 Å². The lowest BCUT2D eigenvalue weighted by Gasteiger charge is -2.03. The molecule has 0 aliphatic carbocycles. The van der Waals surface area contributed by atoms with Gasteiger partial charge in [0.25, 0.3) is 0 Å². The minimum atomic E-state index is 0.541. The van der Waals surface area contributed by atoms with E-state index in [9.17, 15) is 0 Å². The Morgan fingerprint density at radius 2 is 2.29 bits per heavy atom. The maximum atomic E-state index is 8.79. The highest BCUT2D eigenvalue weighted by Gasteiger charge is 2.00. The van der Waals surface area contributed by atoms with E-state index in [0.717, 1.165) is 30.8 Å². The Morgan fingerprint density at radius 1 is 1.50 bits per heavy atom. The molecule has 0 aromatic carbocycles. The number of hydrogen-bond donors (Lipinski definition) is 1. The first-order valence-corrected chi connectivity index (χ1v) is 4.85. The summed E-state index contributed by atoms with van der Waals surface area (Å²) in [5.41, 5.74) is 2.46. The van der Waals surface area contributed by atoms with Crippen molar-refractivity contribution in [2.75, 3.05) is 13.1 Å². The van der Waals surface area contributed by atoms with Crippen LogP contribution in [0.15, 0.2) is 12.1 Å². The van der Waals surface area contributed by atoms with Crippen molar-refractivity contribution in [1.82, 2.24) is 10.3 Å². The predicted molar refractivity (Wildman–Crippen MR) is 55.9 cm³/mol. The highest BCUT2D eigenvalue weighted by molar-refractivity contribution is 5.31. The third kappa shape index (κ3) is 2.82. The minimum absolute atomic E-state index is 0.541. The summed E-state index contributed by atoms with van der Waals surface area (Å²) in [6, 6.07) is 6.03. The summed E-state index contributed by atoms with van der Waals surface area (Å²) in [7, 11) is 0. The molecule has 3 heteroatoms. The summed E-state index contributed by atoms with van der Waals surface area (Å²) in [6.07, 6.45) is 0.878. The summed E-state index contributed by atoms with van der Waals surface area (Å²) < 4.78 is 0. The Bertz CT molecular complexity index is 339. The quantitative estimate of drug-likeness (QED) is 0.729. The molecular formula is C11H15N3. The fraction of sp³-hybridized carbons (Fsp3) is 0.455. The van der Waals surface area contributed by atoms with Crippen molar-refractivity contribution < 1.29 is 0 Å². The summed E-state index contributed by atoms with van der Waals surface area (Å²) >= 11 is 0. The fourth-order valence-corrected chi connectivity index (χ4v) is 1.21. The second-order valence-corrected chi connectivity index (χ2v) is 3.18. The Balaban J connectivity index is 2.66. The molecule has 0 fully saturated rings. The molecule has 0 spiro atoms. The number of rotatable bonds is 4. The monoisotopic (exact) mass is 189 g/mol. The maximum absolute atomic E-state index is 8.79. The van der Waals surface area contributed by atoms with Gasteiger partial charge in [-0.1, -0.05) is 13.0 Å². The van der Waals surface area contributed by atoms with Gasteiger partial charge in [-0.25, -0.2) is 4.98 Å². The molecule has 0 atom stereocenters. The summed E-state index contributed by atoms with van der Waals surface area (Å²) in [6.45, 7) is 5.86. The molecule has 0 unspecified atom stereocenters. The number of likely N-dealkylation sites (N-methyl/N-ethyl adjacent to an activating group) is 1. The Hall–Kier alpha value is -1.40. The van der Waals surface area contributed by atoms with Gasteiger partial charge in [-0.2, -0.15) is 5.26 Å². The second kappa shape index (κ2) is 5.36. The standard InChI is InChI=1S/C11H15N3/c1-3-13-7-6-10-5-4-9(2)11(8-12)14-10/h4-5,13H,3,6-7H2,1-2H3. The van der Waals surface area contributed by atoms with Crippen LogP contribution in [0.1, 0.15) is 23.9 Å². The smallest absolute Gasteiger partial charge is 0.143 e. The van der Waals surface area contributed by atoms with E-state index in [2.05, 4.69) is 23.3 Å². The molecule has 0 saturated heterocycles. The van der Waals surface area contributed by atoms with Gasteiger partial charge in [0.2, 0.25) is 0 Å². The van der Waals surface area contributed by atoms with Crippen LogP contribution in [0.25, 0.3) is 0 Å². The van der Waals surface area contributed by atoms with Crippen molar-refractivity contribution in [1.29, 1.82) is 5.26 Å². The molecule has 0 aliphatic rings. The van der Waals surface area contributed by atoms with E-state index in [4.69, 9.17) is 5.26 Å². The number of nitriles is 1. The van der Waals surface area contributed by atoms with Crippen LogP contribution in [0.3, 0.4) is 0 Å². The number of hydrogen-bond acceptors (Lipinski definition) is 3. The third-order valence-corrected chi connectivity index (χ3v) is 2.07. The first kappa shape index (κ1) is 10.7. The third-order valence-electron chi connectivity index (χ3n) is 2.07. The molecule has 0 bridgehead atoms.